The summed E-state index contributed by atoms with van der Waals surface area (Å²) >= 11 is 0. The number of aliphatic hydroxyl groups is 2. The maximum atomic E-state index is 10.8. The molecule has 0 aromatic heterocycles. The van der Waals surface area contributed by atoms with Gasteiger partial charge in [0.05, 0.1) is 12.2 Å². The number of allylic oxidation sites excluding steroid dienone is 1. The molecule has 1 unspecified atom stereocenters. The third-order valence-electron chi connectivity index (χ3n) is 10.1. The van der Waals surface area contributed by atoms with E-state index in [0.29, 0.717) is 12.0 Å². The Hall–Kier alpha value is -0.380. The van der Waals surface area contributed by atoms with Gasteiger partial charge < -0.3 is 14.9 Å². The molecule has 0 heterocycles. The zero-order valence-electron chi connectivity index (χ0n) is 19.3. The summed E-state index contributed by atoms with van der Waals surface area (Å²) in [7, 11) is 1.87. The van der Waals surface area contributed by atoms with E-state index in [1.54, 1.807) is 0 Å². The van der Waals surface area contributed by atoms with Crippen LogP contribution < -0.4 is 0 Å². The molecule has 0 aromatic carbocycles. The van der Waals surface area contributed by atoms with Gasteiger partial charge in [-0.1, -0.05) is 25.5 Å². The minimum Gasteiger partial charge on any atom is -0.396 e. The standard InChI is InChI=1S/C26H44O3/c1-18(6-5-15-27)21-9-10-22-20-8-7-19-16-24(2,28)13-14-26(19,17-29-4)23(20)11-12-25(21,22)3/h7,18,20-23,27-28H,5-6,8-17H2,1-4H3/t18-,20+,21?,22+,23+,24+,25-,26-/m1/s1. The molecule has 0 bridgehead atoms. The smallest absolute Gasteiger partial charge is 0.0657 e. The Morgan fingerprint density at radius 3 is 2.66 bits per heavy atom. The fraction of sp³-hybridized carbons (Fsp3) is 0.923. The first-order valence-corrected chi connectivity index (χ1v) is 12.3. The Bertz CT molecular complexity index is 625. The number of hydrogen-bond acceptors (Lipinski definition) is 3. The summed E-state index contributed by atoms with van der Waals surface area (Å²) in [4.78, 5) is 0. The van der Waals surface area contributed by atoms with Crippen molar-refractivity contribution < 1.29 is 14.9 Å². The van der Waals surface area contributed by atoms with Crippen molar-refractivity contribution in [2.45, 2.75) is 90.6 Å². The molecule has 166 valence electrons. The van der Waals surface area contributed by atoms with Crippen molar-refractivity contribution in [1.29, 1.82) is 0 Å². The molecule has 29 heavy (non-hydrogen) atoms. The molecule has 4 aliphatic carbocycles. The summed E-state index contributed by atoms with van der Waals surface area (Å²) in [6, 6.07) is 0. The first-order chi connectivity index (χ1) is 13.8. The molecule has 0 aromatic rings. The number of aliphatic hydroxyl groups excluding tert-OH is 1. The summed E-state index contributed by atoms with van der Waals surface area (Å²) in [6.07, 6.45) is 14.1. The molecular formula is C26H44O3. The molecule has 0 saturated heterocycles. The molecule has 3 saturated carbocycles. The highest BCUT2D eigenvalue weighted by Gasteiger charge is 2.60. The van der Waals surface area contributed by atoms with Gasteiger partial charge in [0, 0.05) is 19.1 Å². The van der Waals surface area contributed by atoms with Crippen molar-refractivity contribution in [2.75, 3.05) is 20.3 Å². The van der Waals surface area contributed by atoms with Crippen LogP contribution in [0.25, 0.3) is 0 Å². The first-order valence-electron chi connectivity index (χ1n) is 12.3. The van der Waals surface area contributed by atoms with Crippen molar-refractivity contribution in [3.63, 3.8) is 0 Å². The second kappa shape index (κ2) is 7.95. The van der Waals surface area contributed by atoms with E-state index in [9.17, 15) is 10.2 Å². The van der Waals surface area contributed by atoms with Crippen molar-refractivity contribution in [3.05, 3.63) is 11.6 Å². The lowest BCUT2D eigenvalue weighted by Crippen LogP contribution is -2.54. The molecule has 0 amide bonds. The highest BCUT2D eigenvalue weighted by molar-refractivity contribution is 5.28. The van der Waals surface area contributed by atoms with E-state index in [0.717, 1.165) is 61.9 Å². The topological polar surface area (TPSA) is 49.7 Å². The van der Waals surface area contributed by atoms with Crippen LogP contribution in [0.5, 0.6) is 0 Å². The quantitative estimate of drug-likeness (QED) is 0.587. The van der Waals surface area contributed by atoms with Crippen molar-refractivity contribution in [1.82, 2.24) is 0 Å². The fourth-order valence-corrected chi connectivity index (χ4v) is 8.73. The van der Waals surface area contributed by atoms with Gasteiger partial charge in [0.25, 0.3) is 0 Å². The van der Waals surface area contributed by atoms with Crippen LogP contribution in [0.1, 0.15) is 85.0 Å². The molecular weight excluding hydrogens is 360 g/mol. The Labute approximate surface area is 178 Å². The second-order valence-corrected chi connectivity index (χ2v) is 11.7. The van der Waals surface area contributed by atoms with Gasteiger partial charge in [0.15, 0.2) is 0 Å². The highest BCUT2D eigenvalue weighted by atomic mass is 16.5. The predicted octanol–water partition coefficient (Wildman–Crippen LogP) is 5.35. The van der Waals surface area contributed by atoms with Gasteiger partial charge in [-0.25, -0.2) is 0 Å². The Kier molecular flexibility index (Phi) is 5.99. The lowest BCUT2D eigenvalue weighted by Gasteiger charge is -2.60. The fourth-order valence-electron chi connectivity index (χ4n) is 8.73. The van der Waals surface area contributed by atoms with Crippen LogP contribution in [0.4, 0.5) is 0 Å². The molecule has 0 radical (unpaired) electrons. The minimum atomic E-state index is -0.542. The number of rotatable bonds is 6. The molecule has 2 N–H and O–H groups in total. The minimum absolute atomic E-state index is 0.168. The first kappa shape index (κ1) is 21.8. The van der Waals surface area contributed by atoms with E-state index >= 15 is 0 Å². The van der Waals surface area contributed by atoms with Crippen LogP contribution in [0.2, 0.25) is 0 Å². The number of fused-ring (bicyclic) bond motifs is 5. The lowest BCUT2D eigenvalue weighted by molar-refractivity contribution is -0.0975. The van der Waals surface area contributed by atoms with E-state index in [4.69, 9.17) is 4.74 Å². The van der Waals surface area contributed by atoms with Crippen LogP contribution in [-0.2, 0) is 4.74 Å². The van der Waals surface area contributed by atoms with E-state index in [1.807, 2.05) is 14.0 Å². The molecule has 4 aliphatic rings. The molecule has 4 rings (SSSR count). The average molecular weight is 405 g/mol. The summed E-state index contributed by atoms with van der Waals surface area (Å²) in [5.41, 5.74) is 1.60. The largest absolute Gasteiger partial charge is 0.396 e. The summed E-state index contributed by atoms with van der Waals surface area (Å²) in [5.74, 6) is 3.88. The molecule has 0 aliphatic heterocycles. The zero-order valence-corrected chi connectivity index (χ0v) is 19.3. The van der Waals surface area contributed by atoms with Gasteiger partial charge in [-0.2, -0.15) is 0 Å². The SMILES string of the molecule is COC[C@]12CC[C@](C)(O)CC1=CC[C@@H]1[C@@H]2CC[C@]2(C)C([C@H](C)CCCO)CC[C@@H]12. The van der Waals surface area contributed by atoms with Crippen LogP contribution in [0.15, 0.2) is 11.6 Å². The molecule has 0 spiro atoms. The average Bonchev–Trinajstić information content (AvgIpc) is 3.03. The number of methoxy groups -OCH3 is 1. The number of ether oxygens (including phenoxy) is 1. The van der Waals surface area contributed by atoms with E-state index in [1.165, 1.54) is 44.1 Å². The Morgan fingerprint density at radius 1 is 1.14 bits per heavy atom. The normalized spacial score (nSPS) is 47.7. The van der Waals surface area contributed by atoms with E-state index in [2.05, 4.69) is 19.9 Å². The Morgan fingerprint density at radius 2 is 1.93 bits per heavy atom. The van der Waals surface area contributed by atoms with Gasteiger partial charge in [0.2, 0.25) is 0 Å². The predicted molar refractivity (Wildman–Crippen MR) is 118 cm³/mol. The maximum Gasteiger partial charge on any atom is 0.0657 e. The van der Waals surface area contributed by atoms with E-state index < -0.39 is 5.60 Å². The summed E-state index contributed by atoms with van der Waals surface area (Å²) in [6.45, 7) is 8.22. The van der Waals surface area contributed by atoms with Gasteiger partial charge in [-0.15, -0.1) is 0 Å². The van der Waals surface area contributed by atoms with Gasteiger partial charge in [-0.05, 0) is 106 Å². The van der Waals surface area contributed by atoms with Crippen LogP contribution in [0.3, 0.4) is 0 Å². The third-order valence-corrected chi connectivity index (χ3v) is 10.1. The summed E-state index contributed by atoms with van der Waals surface area (Å²) < 4.78 is 5.85. The van der Waals surface area contributed by atoms with Crippen LogP contribution in [0, 0.1) is 40.4 Å². The van der Waals surface area contributed by atoms with Crippen LogP contribution in [-0.4, -0.2) is 36.1 Å². The van der Waals surface area contributed by atoms with Gasteiger partial charge in [-0.3, -0.25) is 0 Å². The van der Waals surface area contributed by atoms with Gasteiger partial charge in [0.1, 0.15) is 0 Å². The van der Waals surface area contributed by atoms with Crippen molar-refractivity contribution >= 4 is 0 Å². The summed E-state index contributed by atoms with van der Waals surface area (Å²) in [5, 5.41) is 20.0. The monoisotopic (exact) mass is 404 g/mol. The lowest BCUT2D eigenvalue weighted by atomic mass is 9.46. The Balaban J connectivity index is 1.60. The number of hydrogen-bond donors (Lipinski definition) is 2. The molecule has 3 fully saturated rings. The maximum absolute atomic E-state index is 10.8. The van der Waals surface area contributed by atoms with Crippen molar-refractivity contribution in [3.8, 4) is 0 Å². The molecule has 8 atom stereocenters. The van der Waals surface area contributed by atoms with Gasteiger partial charge >= 0.3 is 0 Å². The van der Waals surface area contributed by atoms with Crippen LogP contribution >= 0.6 is 0 Å². The molecule has 3 nitrogen and oxygen atoms in total. The highest BCUT2D eigenvalue weighted by Crippen LogP contribution is 2.67. The zero-order chi connectivity index (χ0) is 20.9. The third kappa shape index (κ3) is 3.53. The van der Waals surface area contributed by atoms with E-state index in [-0.39, 0.29) is 5.41 Å². The van der Waals surface area contributed by atoms with Crippen molar-refractivity contribution in [2.24, 2.45) is 40.4 Å². The second-order valence-electron chi connectivity index (χ2n) is 11.7. The molecule has 3 heteroatoms.